The lowest BCUT2D eigenvalue weighted by Gasteiger charge is -1.84. The molecule has 6 heteroatoms. The van der Waals surface area contributed by atoms with Gasteiger partial charge in [0.2, 0.25) is 0 Å². The summed E-state index contributed by atoms with van der Waals surface area (Å²) in [6, 6.07) is 0. The zero-order chi connectivity index (χ0) is 12.3. The second-order valence-electron chi connectivity index (χ2n) is 3.29. The molecule has 0 aromatic rings. The van der Waals surface area contributed by atoms with Gasteiger partial charge in [0.1, 0.15) is 0 Å². The van der Waals surface area contributed by atoms with Gasteiger partial charge in [-0.1, -0.05) is 0 Å². The third-order valence-electron chi connectivity index (χ3n) is 1.88. The number of rotatable bonds is 0. The zero-order valence-corrected chi connectivity index (χ0v) is 8.79. The fourth-order valence-electron chi connectivity index (χ4n) is 1.02. The number of carbonyl (C=O) groups is 4. The quantitative estimate of drug-likeness (QED) is 0.524. The van der Waals surface area contributed by atoms with E-state index >= 15 is 0 Å². The minimum absolute atomic E-state index is 0.282. The van der Waals surface area contributed by atoms with Crippen LogP contribution in [-0.2, 0) is 19.2 Å². The summed E-state index contributed by atoms with van der Waals surface area (Å²) in [5.41, 5.74) is 0.963. The molecule has 0 aliphatic carbocycles. The van der Waals surface area contributed by atoms with E-state index < -0.39 is 0 Å². The number of carbonyl (C=O) groups excluding carboxylic acids is 4. The van der Waals surface area contributed by atoms with Crippen LogP contribution in [0.3, 0.4) is 0 Å². The molecule has 2 heterocycles. The van der Waals surface area contributed by atoms with Crippen LogP contribution >= 0.6 is 0 Å². The van der Waals surface area contributed by atoms with Crippen LogP contribution in [0.25, 0.3) is 0 Å². The van der Waals surface area contributed by atoms with Crippen LogP contribution in [0.15, 0.2) is 23.3 Å². The Bertz CT molecular complexity index is 404. The summed E-state index contributed by atoms with van der Waals surface area (Å²) in [6.07, 6.45) is 2.56. The lowest BCUT2D eigenvalue weighted by molar-refractivity contribution is -0.125. The second kappa shape index (κ2) is 4.52. The van der Waals surface area contributed by atoms with E-state index in [1.165, 1.54) is 12.2 Å². The van der Waals surface area contributed by atoms with Crippen LogP contribution in [0, 0.1) is 0 Å². The van der Waals surface area contributed by atoms with Crippen molar-refractivity contribution in [2.24, 2.45) is 0 Å². The Morgan fingerprint density at radius 1 is 0.750 bits per heavy atom. The molecule has 84 valence electrons. The summed E-state index contributed by atoms with van der Waals surface area (Å²) in [5.74, 6) is -1.19. The molecule has 0 atom stereocenters. The van der Waals surface area contributed by atoms with Crippen LogP contribution in [0.4, 0.5) is 0 Å². The summed E-state index contributed by atoms with van der Waals surface area (Å²) in [4.78, 5) is 41.3. The van der Waals surface area contributed by atoms with Crippen molar-refractivity contribution in [3.05, 3.63) is 23.3 Å². The van der Waals surface area contributed by atoms with Gasteiger partial charge in [-0.2, -0.15) is 0 Å². The molecule has 0 spiro atoms. The Balaban J connectivity index is 0.000000160. The van der Waals surface area contributed by atoms with Gasteiger partial charge >= 0.3 is 0 Å². The second-order valence-corrected chi connectivity index (χ2v) is 3.29. The van der Waals surface area contributed by atoms with Crippen molar-refractivity contribution in [3.63, 3.8) is 0 Å². The van der Waals surface area contributed by atoms with Crippen molar-refractivity contribution in [1.29, 1.82) is 0 Å². The molecular weight excluding hydrogens is 212 g/mol. The Labute approximate surface area is 91.4 Å². The van der Waals surface area contributed by atoms with Crippen molar-refractivity contribution in [2.45, 2.75) is 13.8 Å². The van der Waals surface area contributed by atoms with Crippen LogP contribution in [0.1, 0.15) is 13.8 Å². The van der Waals surface area contributed by atoms with E-state index in [0.29, 0.717) is 11.1 Å². The Morgan fingerprint density at radius 2 is 1.06 bits per heavy atom. The highest BCUT2D eigenvalue weighted by Crippen LogP contribution is 1.98. The van der Waals surface area contributed by atoms with E-state index in [4.69, 9.17) is 0 Å². The molecule has 6 nitrogen and oxygen atoms in total. The summed E-state index contributed by atoms with van der Waals surface area (Å²) >= 11 is 0. The largest absolute Gasteiger partial charge is 0.289 e. The standard InChI is InChI=1S/2C5H5NO2/c2*1-3-2-4(7)6-5(3)8/h2*2H,1H3,(H,6,7,8). The van der Waals surface area contributed by atoms with E-state index in [1.807, 2.05) is 0 Å². The summed E-state index contributed by atoms with van der Waals surface area (Å²) < 4.78 is 0. The molecule has 16 heavy (non-hydrogen) atoms. The van der Waals surface area contributed by atoms with E-state index in [0.717, 1.165) is 0 Å². The van der Waals surface area contributed by atoms with Gasteiger partial charge in [0, 0.05) is 23.3 Å². The Hall–Kier alpha value is -2.24. The highest BCUT2D eigenvalue weighted by Gasteiger charge is 2.15. The third kappa shape index (κ3) is 2.88. The van der Waals surface area contributed by atoms with Crippen LogP contribution in [0.2, 0.25) is 0 Å². The molecule has 2 rings (SSSR count). The molecule has 0 saturated carbocycles. The molecule has 0 fully saturated rings. The third-order valence-corrected chi connectivity index (χ3v) is 1.88. The fourth-order valence-corrected chi connectivity index (χ4v) is 1.02. The van der Waals surface area contributed by atoms with Gasteiger partial charge in [0.25, 0.3) is 23.6 Å². The highest BCUT2D eigenvalue weighted by molar-refractivity contribution is 6.16. The maximum absolute atomic E-state index is 10.4. The van der Waals surface area contributed by atoms with Crippen molar-refractivity contribution in [3.8, 4) is 0 Å². The molecule has 4 amide bonds. The van der Waals surface area contributed by atoms with E-state index in [2.05, 4.69) is 10.6 Å². The predicted molar refractivity (Wildman–Crippen MR) is 53.8 cm³/mol. The average molecular weight is 222 g/mol. The van der Waals surface area contributed by atoms with E-state index in [9.17, 15) is 19.2 Å². The SMILES string of the molecule is CC1=CC(=O)NC1=O.CC1=CC(=O)NC1=O. The number of imide groups is 2. The first-order valence-corrected chi connectivity index (χ1v) is 4.47. The molecule has 0 radical (unpaired) electrons. The molecule has 0 aromatic carbocycles. The highest BCUT2D eigenvalue weighted by atomic mass is 16.2. The monoisotopic (exact) mass is 222 g/mol. The van der Waals surface area contributed by atoms with Crippen LogP contribution in [0.5, 0.6) is 0 Å². The molecular formula is C10H10N2O4. The molecule has 0 saturated heterocycles. The van der Waals surface area contributed by atoms with Gasteiger partial charge < -0.3 is 0 Å². The number of hydrogen-bond donors (Lipinski definition) is 2. The van der Waals surface area contributed by atoms with Crippen molar-refractivity contribution < 1.29 is 19.2 Å². The van der Waals surface area contributed by atoms with Gasteiger partial charge in [-0.15, -0.1) is 0 Å². The fraction of sp³-hybridized carbons (Fsp3) is 0.200. The van der Waals surface area contributed by atoms with Gasteiger partial charge in [-0.3, -0.25) is 29.8 Å². The number of hydrogen-bond acceptors (Lipinski definition) is 4. The molecule has 0 bridgehead atoms. The topological polar surface area (TPSA) is 92.3 Å². The van der Waals surface area contributed by atoms with Gasteiger partial charge in [-0.25, -0.2) is 0 Å². The summed E-state index contributed by atoms with van der Waals surface area (Å²) in [6.45, 7) is 3.19. The number of nitrogens with one attached hydrogen (secondary N) is 2. The summed E-state index contributed by atoms with van der Waals surface area (Å²) in [5, 5.41) is 4.19. The molecule has 2 N–H and O–H groups in total. The summed E-state index contributed by atoms with van der Waals surface area (Å²) in [7, 11) is 0. The average Bonchev–Trinajstić information content (AvgIpc) is 2.58. The van der Waals surface area contributed by atoms with E-state index in [-0.39, 0.29) is 23.6 Å². The lowest BCUT2D eigenvalue weighted by Crippen LogP contribution is -2.21. The molecule has 2 aliphatic heterocycles. The van der Waals surface area contributed by atoms with Crippen LogP contribution < -0.4 is 10.6 Å². The Kier molecular flexibility index (Phi) is 3.34. The van der Waals surface area contributed by atoms with Gasteiger partial charge in [0.15, 0.2) is 0 Å². The van der Waals surface area contributed by atoms with E-state index in [1.54, 1.807) is 13.8 Å². The zero-order valence-electron chi connectivity index (χ0n) is 8.79. The first-order valence-electron chi connectivity index (χ1n) is 4.47. The normalized spacial score (nSPS) is 18.4. The molecule has 2 aliphatic rings. The van der Waals surface area contributed by atoms with Crippen LogP contribution in [-0.4, -0.2) is 23.6 Å². The first kappa shape index (κ1) is 11.8. The van der Waals surface area contributed by atoms with Crippen molar-refractivity contribution in [1.82, 2.24) is 10.6 Å². The van der Waals surface area contributed by atoms with Crippen molar-refractivity contribution >= 4 is 23.6 Å². The predicted octanol–water partition coefficient (Wildman–Crippen LogP) is -0.822. The van der Waals surface area contributed by atoms with Gasteiger partial charge in [0.05, 0.1) is 0 Å². The maximum Gasteiger partial charge on any atom is 0.253 e. The number of amides is 4. The maximum atomic E-state index is 10.4. The Morgan fingerprint density at radius 3 is 1.12 bits per heavy atom. The molecule has 0 aromatic heterocycles. The smallest absolute Gasteiger partial charge is 0.253 e. The minimum Gasteiger partial charge on any atom is -0.289 e. The first-order chi connectivity index (χ1) is 7.40. The molecule has 0 unspecified atom stereocenters. The lowest BCUT2D eigenvalue weighted by atomic mass is 10.3. The van der Waals surface area contributed by atoms with Gasteiger partial charge in [-0.05, 0) is 13.8 Å². The minimum atomic E-state index is -0.312. The van der Waals surface area contributed by atoms with Crippen molar-refractivity contribution in [2.75, 3.05) is 0 Å².